The summed E-state index contributed by atoms with van der Waals surface area (Å²) in [6, 6.07) is 3.83. The number of oxazole rings is 1. The molecule has 1 aromatic heterocycles. The molecule has 0 saturated heterocycles. The summed E-state index contributed by atoms with van der Waals surface area (Å²) in [5.41, 5.74) is 0.294. The van der Waals surface area contributed by atoms with Gasteiger partial charge in [0.2, 0.25) is 5.89 Å². The number of aromatic nitrogens is 1. The average Bonchev–Trinajstić information content (AvgIpc) is 2.87. The van der Waals surface area contributed by atoms with Crippen molar-refractivity contribution in [3.05, 3.63) is 53.2 Å². The van der Waals surface area contributed by atoms with E-state index in [0.717, 1.165) is 18.2 Å². The Morgan fingerprint density at radius 3 is 2.84 bits per heavy atom. The SMILES string of the molecule is CCc1cnc(CNC(C)c2cccc(F)c2F)o1. The first-order chi connectivity index (χ1) is 9.11. The molecule has 1 N–H and O–H groups in total. The van der Waals surface area contributed by atoms with E-state index in [0.29, 0.717) is 18.0 Å². The molecule has 0 saturated carbocycles. The van der Waals surface area contributed by atoms with E-state index < -0.39 is 11.6 Å². The number of halogens is 2. The molecule has 0 radical (unpaired) electrons. The zero-order valence-electron chi connectivity index (χ0n) is 10.9. The predicted molar refractivity (Wildman–Crippen MR) is 67.5 cm³/mol. The summed E-state index contributed by atoms with van der Waals surface area (Å²) in [6.45, 7) is 4.11. The van der Waals surface area contributed by atoms with E-state index in [1.54, 1.807) is 19.2 Å². The lowest BCUT2D eigenvalue weighted by molar-refractivity contribution is 0.416. The fourth-order valence-corrected chi connectivity index (χ4v) is 1.80. The summed E-state index contributed by atoms with van der Waals surface area (Å²) >= 11 is 0. The molecule has 5 heteroatoms. The van der Waals surface area contributed by atoms with Gasteiger partial charge in [-0.1, -0.05) is 19.1 Å². The second-order valence-electron chi connectivity index (χ2n) is 4.32. The molecule has 19 heavy (non-hydrogen) atoms. The Balaban J connectivity index is 2.01. The summed E-state index contributed by atoms with van der Waals surface area (Å²) in [4.78, 5) is 4.10. The summed E-state index contributed by atoms with van der Waals surface area (Å²) < 4.78 is 32.1. The minimum atomic E-state index is -0.837. The summed E-state index contributed by atoms with van der Waals surface area (Å²) in [6.07, 6.45) is 2.45. The van der Waals surface area contributed by atoms with Crippen molar-refractivity contribution in [2.24, 2.45) is 0 Å². The molecule has 0 amide bonds. The number of aryl methyl sites for hydroxylation is 1. The lowest BCUT2D eigenvalue weighted by Crippen LogP contribution is -2.19. The Labute approximate surface area is 110 Å². The van der Waals surface area contributed by atoms with Gasteiger partial charge in [0.25, 0.3) is 0 Å². The van der Waals surface area contributed by atoms with Crippen LogP contribution in [0.1, 0.15) is 37.1 Å². The van der Waals surface area contributed by atoms with Gasteiger partial charge >= 0.3 is 0 Å². The number of nitrogens with zero attached hydrogens (tertiary/aromatic N) is 1. The van der Waals surface area contributed by atoms with Crippen molar-refractivity contribution in [2.45, 2.75) is 32.9 Å². The number of hydrogen-bond acceptors (Lipinski definition) is 3. The second kappa shape index (κ2) is 5.93. The van der Waals surface area contributed by atoms with Gasteiger partial charge in [-0.3, -0.25) is 0 Å². The number of nitrogens with one attached hydrogen (secondary N) is 1. The quantitative estimate of drug-likeness (QED) is 0.901. The monoisotopic (exact) mass is 266 g/mol. The maximum absolute atomic E-state index is 13.6. The van der Waals surface area contributed by atoms with Crippen molar-refractivity contribution in [3.63, 3.8) is 0 Å². The molecule has 0 aliphatic rings. The molecule has 0 aliphatic heterocycles. The molecule has 1 atom stereocenters. The van der Waals surface area contributed by atoms with E-state index in [4.69, 9.17) is 4.42 Å². The van der Waals surface area contributed by atoms with Crippen LogP contribution in [-0.2, 0) is 13.0 Å². The third-order valence-corrected chi connectivity index (χ3v) is 2.96. The molecule has 0 aliphatic carbocycles. The first kappa shape index (κ1) is 13.7. The molecule has 3 nitrogen and oxygen atoms in total. The van der Waals surface area contributed by atoms with Crippen LogP contribution in [-0.4, -0.2) is 4.98 Å². The van der Waals surface area contributed by atoms with E-state index in [2.05, 4.69) is 10.3 Å². The standard InChI is InChI=1S/C14H16F2N2O/c1-3-10-7-18-13(19-10)8-17-9(2)11-5-4-6-12(15)14(11)16/h4-7,9,17H,3,8H2,1-2H3. The molecule has 0 spiro atoms. The topological polar surface area (TPSA) is 38.1 Å². The molecular formula is C14H16F2N2O. The Morgan fingerprint density at radius 1 is 1.37 bits per heavy atom. The lowest BCUT2D eigenvalue weighted by atomic mass is 10.1. The lowest BCUT2D eigenvalue weighted by Gasteiger charge is -2.14. The molecule has 1 heterocycles. The smallest absolute Gasteiger partial charge is 0.208 e. The number of rotatable bonds is 5. The highest BCUT2D eigenvalue weighted by molar-refractivity contribution is 5.22. The summed E-state index contributed by atoms with van der Waals surface area (Å²) in [7, 11) is 0. The molecule has 2 aromatic rings. The van der Waals surface area contributed by atoms with Crippen LogP contribution < -0.4 is 5.32 Å². The van der Waals surface area contributed by atoms with E-state index in [-0.39, 0.29) is 6.04 Å². The van der Waals surface area contributed by atoms with Gasteiger partial charge in [0, 0.05) is 18.0 Å². The minimum absolute atomic E-state index is 0.294. The van der Waals surface area contributed by atoms with Crippen molar-refractivity contribution >= 4 is 0 Å². The van der Waals surface area contributed by atoms with Gasteiger partial charge in [-0.05, 0) is 13.0 Å². The average molecular weight is 266 g/mol. The third kappa shape index (κ3) is 3.17. The maximum Gasteiger partial charge on any atom is 0.208 e. The third-order valence-electron chi connectivity index (χ3n) is 2.96. The summed E-state index contributed by atoms with van der Waals surface area (Å²) in [5.74, 6) is -0.304. The van der Waals surface area contributed by atoms with Gasteiger partial charge < -0.3 is 9.73 Å². The molecule has 1 unspecified atom stereocenters. The Bertz CT molecular complexity index is 554. The van der Waals surface area contributed by atoms with Crippen molar-refractivity contribution in [2.75, 3.05) is 0 Å². The van der Waals surface area contributed by atoms with Gasteiger partial charge in [0.1, 0.15) is 5.76 Å². The van der Waals surface area contributed by atoms with Crippen molar-refractivity contribution in [1.82, 2.24) is 10.3 Å². The van der Waals surface area contributed by atoms with Crippen molar-refractivity contribution < 1.29 is 13.2 Å². The summed E-state index contributed by atoms with van der Waals surface area (Å²) in [5, 5.41) is 3.06. The van der Waals surface area contributed by atoms with Crippen LogP contribution in [0.25, 0.3) is 0 Å². The van der Waals surface area contributed by atoms with Crippen LogP contribution in [0.3, 0.4) is 0 Å². The molecule has 102 valence electrons. The van der Waals surface area contributed by atoms with Crippen LogP contribution in [0.4, 0.5) is 8.78 Å². The van der Waals surface area contributed by atoms with E-state index in [9.17, 15) is 8.78 Å². The maximum atomic E-state index is 13.6. The molecule has 1 aromatic carbocycles. The Kier molecular flexibility index (Phi) is 4.27. The number of benzene rings is 1. The van der Waals surface area contributed by atoms with Crippen LogP contribution in [0.5, 0.6) is 0 Å². The zero-order valence-corrected chi connectivity index (χ0v) is 10.9. The predicted octanol–water partition coefficient (Wildman–Crippen LogP) is 3.37. The molecular weight excluding hydrogens is 250 g/mol. The van der Waals surface area contributed by atoms with Gasteiger partial charge in [0.15, 0.2) is 11.6 Å². The molecule has 2 rings (SSSR count). The second-order valence-corrected chi connectivity index (χ2v) is 4.32. The van der Waals surface area contributed by atoms with Gasteiger partial charge in [-0.15, -0.1) is 0 Å². The zero-order chi connectivity index (χ0) is 13.8. The van der Waals surface area contributed by atoms with Gasteiger partial charge in [-0.2, -0.15) is 0 Å². The van der Waals surface area contributed by atoms with E-state index in [1.807, 2.05) is 6.92 Å². The highest BCUT2D eigenvalue weighted by Crippen LogP contribution is 2.19. The van der Waals surface area contributed by atoms with E-state index >= 15 is 0 Å². The van der Waals surface area contributed by atoms with E-state index in [1.165, 1.54) is 6.07 Å². The first-order valence-electron chi connectivity index (χ1n) is 6.22. The van der Waals surface area contributed by atoms with Gasteiger partial charge in [-0.25, -0.2) is 13.8 Å². The van der Waals surface area contributed by atoms with Crippen LogP contribution >= 0.6 is 0 Å². The molecule has 0 fully saturated rings. The van der Waals surface area contributed by atoms with Crippen LogP contribution in [0.2, 0.25) is 0 Å². The fraction of sp³-hybridized carbons (Fsp3) is 0.357. The van der Waals surface area contributed by atoms with Crippen molar-refractivity contribution in [1.29, 1.82) is 0 Å². The fourth-order valence-electron chi connectivity index (χ4n) is 1.80. The number of hydrogen-bond donors (Lipinski definition) is 1. The normalized spacial score (nSPS) is 12.6. The first-order valence-corrected chi connectivity index (χ1v) is 6.22. The minimum Gasteiger partial charge on any atom is -0.444 e. The van der Waals surface area contributed by atoms with Crippen LogP contribution in [0.15, 0.2) is 28.8 Å². The highest BCUT2D eigenvalue weighted by atomic mass is 19.2. The molecule has 0 bridgehead atoms. The van der Waals surface area contributed by atoms with Crippen LogP contribution in [0, 0.1) is 11.6 Å². The van der Waals surface area contributed by atoms with Crippen molar-refractivity contribution in [3.8, 4) is 0 Å². The Hall–Kier alpha value is -1.75. The Morgan fingerprint density at radius 2 is 2.16 bits per heavy atom. The highest BCUT2D eigenvalue weighted by Gasteiger charge is 2.14. The largest absolute Gasteiger partial charge is 0.444 e. The van der Waals surface area contributed by atoms with Gasteiger partial charge in [0.05, 0.1) is 12.7 Å².